The van der Waals surface area contributed by atoms with Crippen molar-refractivity contribution in [2.75, 3.05) is 13.7 Å². The van der Waals surface area contributed by atoms with Crippen molar-refractivity contribution in [2.24, 2.45) is 7.05 Å². The van der Waals surface area contributed by atoms with Crippen molar-refractivity contribution in [1.29, 1.82) is 0 Å². The zero-order valence-electron chi connectivity index (χ0n) is 17.5. The van der Waals surface area contributed by atoms with Gasteiger partial charge in [-0.15, -0.1) is 0 Å². The molecule has 0 aliphatic carbocycles. The average molecular weight is 408 g/mol. The van der Waals surface area contributed by atoms with Crippen LogP contribution in [0.15, 0.2) is 52.3 Å². The molecule has 0 fully saturated rings. The molecule has 0 aliphatic rings. The van der Waals surface area contributed by atoms with Gasteiger partial charge in [0.05, 0.1) is 24.5 Å². The highest BCUT2D eigenvalue weighted by molar-refractivity contribution is 5.80. The van der Waals surface area contributed by atoms with E-state index in [9.17, 15) is 9.59 Å². The first kappa shape index (κ1) is 19.9. The first-order valence-corrected chi connectivity index (χ1v) is 9.78. The van der Waals surface area contributed by atoms with Crippen LogP contribution < -0.4 is 15.9 Å². The Balaban J connectivity index is 1.77. The van der Waals surface area contributed by atoms with E-state index in [0.717, 1.165) is 16.7 Å². The van der Waals surface area contributed by atoms with E-state index in [0.29, 0.717) is 30.3 Å². The van der Waals surface area contributed by atoms with Crippen molar-refractivity contribution in [3.05, 3.63) is 69.3 Å². The molecular weight excluding hydrogens is 384 g/mol. The van der Waals surface area contributed by atoms with Crippen LogP contribution in [0.2, 0.25) is 0 Å². The van der Waals surface area contributed by atoms with Crippen molar-refractivity contribution in [3.63, 3.8) is 0 Å². The van der Waals surface area contributed by atoms with Gasteiger partial charge in [-0.3, -0.25) is 18.6 Å². The summed E-state index contributed by atoms with van der Waals surface area (Å²) in [7, 11) is 3.28. The lowest BCUT2D eigenvalue weighted by molar-refractivity contribution is 0.187. The number of hydrogen-bond acceptors (Lipinski definition) is 5. The first-order valence-electron chi connectivity index (χ1n) is 9.78. The van der Waals surface area contributed by atoms with Crippen LogP contribution in [0, 0.1) is 0 Å². The Morgan fingerprint density at radius 3 is 2.63 bits per heavy atom. The number of methoxy groups -OCH3 is 1. The Kier molecular flexibility index (Phi) is 5.17. The molecule has 0 radical (unpaired) electrons. The number of aromatic nitrogens is 4. The standard InChI is InChI=1S/C22H24N4O4/c1-14(2)21-23-12-18-22(28)24(3)20(13-26(18)21)30-16-6-7-17-15(11-16)5-8-19(27)25(17)9-10-29-4/h5-8,11-14H,9-10H2,1-4H3. The van der Waals surface area contributed by atoms with Gasteiger partial charge in [-0.2, -0.15) is 0 Å². The second-order valence-corrected chi connectivity index (χ2v) is 7.50. The van der Waals surface area contributed by atoms with Crippen LogP contribution in [0.5, 0.6) is 11.6 Å². The van der Waals surface area contributed by atoms with Gasteiger partial charge in [0, 0.05) is 38.1 Å². The largest absolute Gasteiger partial charge is 0.439 e. The smallest absolute Gasteiger partial charge is 0.279 e. The fraction of sp³-hybridized carbons (Fsp3) is 0.318. The summed E-state index contributed by atoms with van der Waals surface area (Å²) in [4.78, 5) is 29.3. The molecule has 0 amide bonds. The molecule has 0 saturated carbocycles. The number of fused-ring (bicyclic) bond motifs is 2. The van der Waals surface area contributed by atoms with Gasteiger partial charge in [0.2, 0.25) is 5.88 Å². The topological polar surface area (TPSA) is 79.8 Å². The molecule has 0 aliphatic heterocycles. The summed E-state index contributed by atoms with van der Waals surface area (Å²) >= 11 is 0. The van der Waals surface area contributed by atoms with E-state index in [1.54, 1.807) is 47.7 Å². The summed E-state index contributed by atoms with van der Waals surface area (Å²) in [6.07, 6.45) is 3.37. The van der Waals surface area contributed by atoms with E-state index in [-0.39, 0.29) is 17.0 Å². The zero-order chi connectivity index (χ0) is 21.4. The third-order valence-corrected chi connectivity index (χ3v) is 5.14. The molecule has 3 heterocycles. The van der Waals surface area contributed by atoms with Crippen LogP contribution in [-0.2, 0) is 18.3 Å². The summed E-state index contributed by atoms with van der Waals surface area (Å²) in [5, 5.41) is 0.861. The van der Waals surface area contributed by atoms with Gasteiger partial charge in [-0.25, -0.2) is 4.98 Å². The van der Waals surface area contributed by atoms with E-state index < -0.39 is 0 Å². The number of benzene rings is 1. The molecule has 4 aromatic rings. The normalized spacial score (nSPS) is 11.6. The molecule has 0 N–H and O–H groups in total. The van der Waals surface area contributed by atoms with Crippen LogP contribution in [0.25, 0.3) is 16.4 Å². The lowest BCUT2D eigenvalue weighted by Crippen LogP contribution is -2.21. The number of nitrogens with zero attached hydrogens (tertiary/aromatic N) is 4. The Bertz CT molecular complexity index is 1350. The molecule has 8 heteroatoms. The molecule has 0 saturated heterocycles. The lowest BCUT2D eigenvalue weighted by atomic mass is 10.2. The number of ether oxygens (including phenoxy) is 2. The van der Waals surface area contributed by atoms with Crippen LogP contribution >= 0.6 is 0 Å². The monoisotopic (exact) mass is 408 g/mol. The van der Waals surface area contributed by atoms with Gasteiger partial charge in [-0.1, -0.05) is 13.8 Å². The highest BCUT2D eigenvalue weighted by atomic mass is 16.5. The van der Waals surface area contributed by atoms with E-state index in [4.69, 9.17) is 9.47 Å². The predicted molar refractivity (Wildman–Crippen MR) is 115 cm³/mol. The Morgan fingerprint density at radius 2 is 1.90 bits per heavy atom. The molecule has 1 aromatic carbocycles. The van der Waals surface area contributed by atoms with Crippen molar-refractivity contribution < 1.29 is 9.47 Å². The maximum absolute atomic E-state index is 12.7. The minimum Gasteiger partial charge on any atom is -0.439 e. The second kappa shape index (κ2) is 7.79. The fourth-order valence-electron chi connectivity index (χ4n) is 3.54. The molecule has 3 aromatic heterocycles. The molecule has 8 nitrogen and oxygen atoms in total. The molecule has 4 rings (SSSR count). The van der Waals surface area contributed by atoms with Gasteiger partial charge in [0.15, 0.2) is 0 Å². The van der Waals surface area contributed by atoms with Gasteiger partial charge in [-0.05, 0) is 24.3 Å². The maximum Gasteiger partial charge on any atom is 0.279 e. The average Bonchev–Trinajstić information content (AvgIpc) is 3.15. The molecule has 0 bridgehead atoms. The van der Waals surface area contributed by atoms with Gasteiger partial charge in [0.25, 0.3) is 11.1 Å². The second-order valence-electron chi connectivity index (χ2n) is 7.50. The molecule has 0 spiro atoms. The van der Waals surface area contributed by atoms with Gasteiger partial charge >= 0.3 is 0 Å². The van der Waals surface area contributed by atoms with E-state index >= 15 is 0 Å². The highest BCUT2D eigenvalue weighted by Gasteiger charge is 2.15. The maximum atomic E-state index is 12.7. The van der Waals surface area contributed by atoms with E-state index in [1.807, 2.05) is 26.0 Å². The molecule has 0 unspecified atom stereocenters. The zero-order valence-corrected chi connectivity index (χ0v) is 17.5. The van der Waals surface area contributed by atoms with Crippen LogP contribution in [0.3, 0.4) is 0 Å². The summed E-state index contributed by atoms with van der Waals surface area (Å²) < 4.78 is 16.1. The Hall–Kier alpha value is -3.39. The van der Waals surface area contributed by atoms with Crippen molar-refractivity contribution in [1.82, 2.24) is 18.5 Å². The third kappa shape index (κ3) is 3.39. The molecular formula is C22H24N4O4. The summed E-state index contributed by atoms with van der Waals surface area (Å²) in [6.45, 7) is 4.97. The van der Waals surface area contributed by atoms with Gasteiger partial charge < -0.3 is 14.0 Å². The number of pyridine rings is 1. The Morgan fingerprint density at radius 1 is 1.10 bits per heavy atom. The quantitative estimate of drug-likeness (QED) is 0.490. The van der Waals surface area contributed by atoms with E-state index in [2.05, 4.69) is 4.98 Å². The van der Waals surface area contributed by atoms with Crippen LogP contribution in [0.4, 0.5) is 0 Å². The summed E-state index contributed by atoms with van der Waals surface area (Å²) in [5.74, 6) is 1.93. The fourth-order valence-corrected chi connectivity index (χ4v) is 3.54. The minimum atomic E-state index is -0.180. The van der Waals surface area contributed by atoms with Crippen molar-refractivity contribution in [3.8, 4) is 11.6 Å². The van der Waals surface area contributed by atoms with Crippen LogP contribution in [0.1, 0.15) is 25.6 Å². The third-order valence-electron chi connectivity index (χ3n) is 5.14. The van der Waals surface area contributed by atoms with Crippen molar-refractivity contribution in [2.45, 2.75) is 26.3 Å². The van der Waals surface area contributed by atoms with Crippen LogP contribution in [-0.4, -0.2) is 32.2 Å². The molecule has 156 valence electrons. The van der Waals surface area contributed by atoms with E-state index in [1.165, 1.54) is 10.6 Å². The lowest BCUT2D eigenvalue weighted by Gasteiger charge is -2.14. The minimum absolute atomic E-state index is 0.0811. The SMILES string of the molecule is COCCn1c(=O)ccc2cc(Oc3cn4c(C(C)C)ncc4c(=O)n3C)ccc21. The molecule has 30 heavy (non-hydrogen) atoms. The first-order chi connectivity index (χ1) is 14.4. The van der Waals surface area contributed by atoms with Gasteiger partial charge in [0.1, 0.15) is 17.1 Å². The summed E-state index contributed by atoms with van der Waals surface area (Å²) in [5.41, 5.74) is 1.05. The number of hydrogen-bond donors (Lipinski definition) is 0. The summed E-state index contributed by atoms with van der Waals surface area (Å²) in [6, 6.07) is 8.78. The Labute approximate surface area is 172 Å². The highest BCUT2D eigenvalue weighted by Crippen LogP contribution is 2.25. The van der Waals surface area contributed by atoms with Crippen molar-refractivity contribution >= 4 is 16.4 Å². The number of imidazole rings is 1. The molecule has 0 atom stereocenters. The predicted octanol–water partition coefficient (Wildman–Crippen LogP) is 2.91. The number of rotatable bonds is 6.